The molecule has 0 bridgehead atoms. The maximum atomic E-state index is 5.75. The standard InChI is InChI=1S/C10H17N3OS/c1-6(2)14-8-9(11)13-15-10(8)12-5-7-3-4-7/h6-7,12H,3-5H2,1-2H3,(H2,11,13). The molecule has 4 nitrogen and oxygen atoms in total. The number of nitrogens with zero attached hydrogens (tertiary/aromatic N) is 1. The van der Waals surface area contributed by atoms with Gasteiger partial charge < -0.3 is 15.8 Å². The monoisotopic (exact) mass is 227 g/mol. The van der Waals surface area contributed by atoms with Crippen molar-refractivity contribution in [3.8, 4) is 5.75 Å². The number of rotatable bonds is 5. The minimum atomic E-state index is 0.130. The molecule has 3 N–H and O–H groups in total. The number of hydrogen-bond acceptors (Lipinski definition) is 5. The Labute approximate surface area is 94.0 Å². The molecule has 5 heteroatoms. The Morgan fingerprint density at radius 3 is 2.93 bits per heavy atom. The molecule has 1 fully saturated rings. The first kappa shape index (κ1) is 10.5. The first-order chi connectivity index (χ1) is 7.16. The van der Waals surface area contributed by atoms with Crippen molar-refractivity contribution in [2.24, 2.45) is 5.92 Å². The van der Waals surface area contributed by atoms with Crippen molar-refractivity contribution in [3.63, 3.8) is 0 Å². The van der Waals surface area contributed by atoms with Gasteiger partial charge in [-0.3, -0.25) is 0 Å². The Bertz CT molecular complexity index is 333. The van der Waals surface area contributed by atoms with Crippen LogP contribution in [0.3, 0.4) is 0 Å². The van der Waals surface area contributed by atoms with E-state index < -0.39 is 0 Å². The van der Waals surface area contributed by atoms with Crippen LogP contribution in [0.1, 0.15) is 26.7 Å². The van der Waals surface area contributed by atoms with Crippen molar-refractivity contribution in [3.05, 3.63) is 0 Å². The highest BCUT2D eigenvalue weighted by Gasteiger charge is 2.22. The van der Waals surface area contributed by atoms with E-state index >= 15 is 0 Å². The highest BCUT2D eigenvalue weighted by atomic mass is 32.1. The van der Waals surface area contributed by atoms with Crippen molar-refractivity contribution in [1.29, 1.82) is 0 Å². The number of nitrogen functional groups attached to an aromatic ring is 1. The summed E-state index contributed by atoms with van der Waals surface area (Å²) in [4.78, 5) is 0. The van der Waals surface area contributed by atoms with Crippen molar-refractivity contribution >= 4 is 22.4 Å². The minimum Gasteiger partial charge on any atom is -0.484 e. The third kappa shape index (κ3) is 2.75. The molecule has 0 saturated heterocycles. The number of ether oxygens (including phenoxy) is 1. The summed E-state index contributed by atoms with van der Waals surface area (Å²) >= 11 is 1.38. The van der Waals surface area contributed by atoms with E-state index in [0.717, 1.165) is 23.2 Å². The number of hydrogen-bond donors (Lipinski definition) is 2. The number of anilines is 2. The van der Waals surface area contributed by atoms with Crippen LogP contribution in [0.5, 0.6) is 5.75 Å². The van der Waals surface area contributed by atoms with Crippen LogP contribution in [-0.4, -0.2) is 17.0 Å². The summed E-state index contributed by atoms with van der Waals surface area (Å²) in [5.41, 5.74) is 5.75. The quantitative estimate of drug-likeness (QED) is 0.810. The van der Waals surface area contributed by atoms with Crippen LogP contribution in [0.4, 0.5) is 10.8 Å². The molecule has 15 heavy (non-hydrogen) atoms. The zero-order valence-electron chi connectivity index (χ0n) is 9.12. The SMILES string of the molecule is CC(C)Oc1c(N)nsc1NCC1CC1. The second-order valence-corrected chi connectivity index (χ2v) is 4.99. The lowest BCUT2D eigenvalue weighted by Gasteiger charge is -2.11. The fourth-order valence-electron chi connectivity index (χ4n) is 1.32. The topological polar surface area (TPSA) is 60.2 Å². The van der Waals surface area contributed by atoms with Gasteiger partial charge in [0.2, 0.25) is 0 Å². The van der Waals surface area contributed by atoms with Crippen LogP contribution in [-0.2, 0) is 0 Å². The largest absolute Gasteiger partial charge is 0.484 e. The molecule has 1 heterocycles. The lowest BCUT2D eigenvalue weighted by molar-refractivity contribution is 0.245. The lowest BCUT2D eigenvalue weighted by atomic mass is 10.4. The molecule has 84 valence electrons. The fraction of sp³-hybridized carbons (Fsp3) is 0.700. The van der Waals surface area contributed by atoms with E-state index in [0.29, 0.717) is 5.82 Å². The maximum Gasteiger partial charge on any atom is 0.197 e. The van der Waals surface area contributed by atoms with Crippen molar-refractivity contribution in [1.82, 2.24) is 4.37 Å². The van der Waals surface area contributed by atoms with Crippen LogP contribution < -0.4 is 15.8 Å². The van der Waals surface area contributed by atoms with Gasteiger partial charge in [-0.1, -0.05) is 0 Å². The van der Waals surface area contributed by atoms with E-state index in [4.69, 9.17) is 10.5 Å². The van der Waals surface area contributed by atoms with Crippen LogP contribution in [0, 0.1) is 5.92 Å². The van der Waals surface area contributed by atoms with E-state index in [1.54, 1.807) is 0 Å². The van der Waals surface area contributed by atoms with Crippen molar-refractivity contribution < 1.29 is 4.74 Å². The van der Waals surface area contributed by atoms with Gasteiger partial charge in [0.1, 0.15) is 0 Å². The molecule has 1 saturated carbocycles. The summed E-state index contributed by atoms with van der Waals surface area (Å²) in [6, 6.07) is 0. The Balaban J connectivity index is 2.00. The number of aromatic nitrogens is 1. The molecule has 0 spiro atoms. The van der Waals surface area contributed by atoms with E-state index in [9.17, 15) is 0 Å². The highest BCUT2D eigenvalue weighted by Crippen LogP contribution is 2.37. The molecule has 0 aromatic carbocycles. The fourth-order valence-corrected chi connectivity index (χ4v) is 1.97. The third-order valence-corrected chi connectivity index (χ3v) is 3.08. The molecule has 1 aliphatic carbocycles. The van der Waals surface area contributed by atoms with Crippen LogP contribution in [0.15, 0.2) is 0 Å². The van der Waals surface area contributed by atoms with E-state index in [1.165, 1.54) is 24.4 Å². The molecule has 0 atom stereocenters. The van der Waals surface area contributed by atoms with E-state index in [2.05, 4.69) is 9.69 Å². The van der Waals surface area contributed by atoms with Crippen LogP contribution in [0.2, 0.25) is 0 Å². The Morgan fingerprint density at radius 1 is 1.60 bits per heavy atom. The van der Waals surface area contributed by atoms with Gasteiger partial charge in [-0.15, -0.1) is 0 Å². The first-order valence-electron chi connectivity index (χ1n) is 5.32. The predicted octanol–water partition coefficient (Wildman–Crippen LogP) is 2.33. The zero-order valence-corrected chi connectivity index (χ0v) is 9.93. The molecular weight excluding hydrogens is 210 g/mol. The van der Waals surface area contributed by atoms with Gasteiger partial charge in [-0.25, -0.2) is 0 Å². The van der Waals surface area contributed by atoms with Crippen molar-refractivity contribution in [2.75, 3.05) is 17.6 Å². The van der Waals surface area contributed by atoms with Gasteiger partial charge in [-0.05, 0) is 44.1 Å². The average molecular weight is 227 g/mol. The predicted molar refractivity (Wildman–Crippen MR) is 63.5 cm³/mol. The summed E-state index contributed by atoms with van der Waals surface area (Å²) in [6.45, 7) is 4.99. The van der Waals surface area contributed by atoms with E-state index in [-0.39, 0.29) is 6.10 Å². The zero-order chi connectivity index (χ0) is 10.8. The molecule has 2 rings (SSSR count). The molecule has 0 radical (unpaired) electrons. The molecule has 1 aliphatic rings. The molecule has 0 aliphatic heterocycles. The summed E-state index contributed by atoms with van der Waals surface area (Å²) in [6.07, 6.45) is 2.80. The summed E-state index contributed by atoms with van der Waals surface area (Å²) in [5.74, 6) is 2.04. The van der Waals surface area contributed by atoms with Gasteiger partial charge >= 0.3 is 0 Å². The third-order valence-electron chi connectivity index (χ3n) is 2.28. The summed E-state index contributed by atoms with van der Waals surface area (Å²) in [5, 5.41) is 4.32. The second kappa shape index (κ2) is 4.26. The highest BCUT2D eigenvalue weighted by molar-refractivity contribution is 7.11. The maximum absolute atomic E-state index is 5.75. The first-order valence-corrected chi connectivity index (χ1v) is 6.10. The number of nitrogens with two attached hydrogens (primary N) is 1. The van der Waals surface area contributed by atoms with Gasteiger partial charge in [0.15, 0.2) is 16.6 Å². The number of nitrogens with one attached hydrogen (secondary N) is 1. The van der Waals surface area contributed by atoms with Gasteiger partial charge in [0.05, 0.1) is 6.10 Å². The minimum absolute atomic E-state index is 0.130. The van der Waals surface area contributed by atoms with Crippen LogP contribution in [0.25, 0.3) is 0 Å². The Kier molecular flexibility index (Phi) is 3.00. The molecule has 1 aromatic heterocycles. The van der Waals surface area contributed by atoms with Gasteiger partial charge in [0, 0.05) is 6.54 Å². The van der Waals surface area contributed by atoms with Crippen molar-refractivity contribution in [2.45, 2.75) is 32.8 Å². The summed E-state index contributed by atoms with van der Waals surface area (Å²) in [7, 11) is 0. The Morgan fingerprint density at radius 2 is 2.33 bits per heavy atom. The van der Waals surface area contributed by atoms with Gasteiger partial charge in [-0.2, -0.15) is 4.37 Å². The lowest BCUT2D eigenvalue weighted by Crippen LogP contribution is -2.09. The second-order valence-electron chi connectivity index (χ2n) is 4.22. The Hall–Kier alpha value is -0.970. The van der Waals surface area contributed by atoms with E-state index in [1.807, 2.05) is 13.8 Å². The normalized spacial score (nSPS) is 15.7. The van der Waals surface area contributed by atoms with Crippen LogP contribution >= 0.6 is 11.5 Å². The smallest absolute Gasteiger partial charge is 0.197 e. The molecule has 0 amide bonds. The molecule has 0 unspecified atom stereocenters. The van der Waals surface area contributed by atoms with Gasteiger partial charge in [0.25, 0.3) is 0 Å². The molecular formula is C10H17N3OS. The average Bonchev–Trinajstić information content (AvgIpc) is 2.93. The summed E-state index contributed by atoms with van der Waals surface area (Å²) < 4.78 is 9.73. The molecule has 1 aromatic rings.